The van der Waals surface area contributed by atoms with Gasteiger partial charge in [-0.1, -0.05) is 12.1 Å². The van der Waals surface area contributed by atoms with Gasteiger partial charge >= 0.3 is 0 Å². The van der Waals surface area contributed by atoms with Crippen LogP contribution in [0.15, 0.2) is 24.3 Å². The van der Waals surface area contributed by atoms with Crippen molar-refractivity contribution in [2.75, 3.05) is 0 Å². The molecule has 0 unspecified atom stereocenters. The van der Waals surface area contributed by atoms with Gasteiger partial charge in [-0.05, 0) is 70.6 Å². The standard InChI is InChI=1S/C20H26N2O2S/c1-13-21-18-16(8-5-9-17(18)25-13)22-19(23)15-7-4-6-14(12-15)10-11-20(2,3)24/h4,6-7,12,16,24H,5,8-11H2,1-3H3,(H,22,23)/t16-/m0/s1. The summed E-state index contributed by atoms with van der Waals surface area (Å²) in [5.41, 5.74) is 2.11. The van der Waals surface area contributed by atoms with Crippen LogP contribution in [-0.4, -0.2) is 21.6 Å². The lowest BCUT2D eigenvalue weighted by Crippen LogP contribution is -2.31. The van der Waals surface area contributed by atoms with Gasteiger partial charge in [-0.3, -0.25) is 4.79 Å². The Morgan fingerprint density at radius 2 is 2.24 bits per heavy atom. The van der Waals surface area contributed by atoms with Gasteiger partial charge in [-0.2, -0.15) is 0 Å². The molecule has 0 aliphatic heterocycles. The number of carbonyl (C=O) groups is 1. The highest BCUT2D eigenvalue weighted by atomic mass is 32.1. The predicted molar refractivity (Wildman–Crippen MR) is 101 cm³/mol. The third kappa shape index (κ3) is 4.67. The van der Waals surface area contributed by atoms with E-state index in [9.17, 15) is 9.90 Å². The van der Waals surface area contributed by atoms with Crippen LogP contribution in [0, 0.1) is 6.92 Å². The van der Waals surface area contributed by atoms with E-state index in [-0.39, 0.29) is 11.9 Å². The van der Waals surface area contributed by atoms with Crippen LogP contribution in [0.3, 0.4) is 0 Å². The topological polar surface area (TPSA) is 62.2 Å². The van der Waals surface area contributed by atoms with E-state index in [1.165, 1.54) is 4.88 Å². The zero-order valence-corrected chi connectivity index (χ0v) is 15.9. The molecule has 0 saturated carbocycles. The molecule has 4 nitrogen and oxygen atoms in total. The minimum atomic E-state index is -0.695. The molecule has 2 N–H and O–H groups in total. The fraction of sp³-hybridized carbons (Fsp3) is 0.500. The lowest BCUT2D eigenvalue weighted by atomic mass is 9.96. The van der Waals surface area contributed by atoms with Crippen LogP contribution in [0.1, 0.15) is 70.7 Å². The molecule has 25 heavy (non-hydrogen) atoms. The maximum absolute atomic E-state index is 12.7. The Hall–Kier alpha value is -1.72. The van der Waals surface area contributed by atoms with E-state index in [1.54, 1.807) is 25.2 Å². The molecule has 0 spiro atoms. The minimum Gasteiger partial charge on any atom is -0.390 e. The molecule has 1 aliphatic carbocycles. The summed E-state index contributed by atoms with van der Waals surface area (Å²) < 4.78 is 0. The van der Waals surface area contributed by atoms with Gasteiger partial charge in [0.2, 0.25) is 0 Å². The lowest BCUT2D eigenvalue weighted by molar-refractivity contribution is 0.0714. The molecule has 1 aromatic heterocycles. The molecule has 134 valence electrons. The third-order valence-corrected chi connectivity index (χ3v) is 5.63. The molecule has 5 heteroatoms. The smallest absolute Gasteiger partial charge is 0.251 e. The maximum atomic E-state index is 12.7. The van der Waals surface area contributed by atoms with Crippen LogP contribution >= 0.6 is 11.3 Å². The van der Waals surface area contributed by atoms with E-state index in [0.29, 0.717) is 12.0 Å². The molecule has 0 bridgehead atoms. The van der Waals surface area contributed by atoms with Crippen LogP contribution in [0.4, 0.5) is 0 Å². The van der Waals surface area contributed by atoms with Gasteiger partial charge in [0.25, 0.3) is 5.91 Å². The lowest BCUT2D eigenvalue weighted by Gasteiger charge is -2.22. The average molecular weight is 359 g/mol. The molecule has 1 heterocycles. The van der Waals surface area contributed by atoms with Crippen LogP contribution in [0.25, 0.3) is 0 Å². The number of aliphatic hydroxyl groups is 1. The Labute approximate surface area is 153 Å². The van der Waals surface area contributed by atoms with Crippen molar-refractivity contribution in [2.45, 2.75) is 64.5 Å². The van der Waals surface area contributed by atoms with Gasteiger partial charge in [-0.25, -0.2) is 4.98 Å². The largest absolute Gasteiger partial charge is 0.390 e. The van der Waals surface area contributed by atoms with Gasteiger partial charge in [0.1, 0.15) is 0 Å². The number of amides is 1. The number of nitrogens with zero attached hydrogens (tertiary/aromatic N) is 1. The summed E-state index contributed by atoms with van der Waals surface area (Å²) in [6.45, 7) is 5.63. The van der Waals surface area contributed by atoms with Crippen molar-refractivity contribution >= 4 is 17.2 Å². The van der Waals surface area contributed by atoms with Crippen LogP contribution in [0.2, 0.25) is 0 Å². The highest BCUT2D eigenvalue weighted by Gasteiger charge is 2.25. The third-order valence-electron chi connectivity index (χ3n) is 4.58. The number of hydrogen-bond donors (Lipinski definition) is 2. The highest BCUT2D eigenvalue weighted by molar-refractivity contribution is 7.11. The van der Waals surface area contributed by atoms with Crippen molar-refractivity contribution < 1.29 is 9.90 Å². The van der Waals surface area contributed by atoms with Crippen molar-refractivity contribution in [3.63, 3.8) is 0 Å². The first-order valence-corrected chi connectivity index (χ1v) is 9.72. The summed E-state index contributed by atoms with van der Waals surface area (Å²) in [6.07, 6.45) is 4.52. The van der Waals surface area contributed by atoms with Gasteiger partial charge in [0.05, 0.1) is 22.3 Å². The fourth-order valence-corrected chi connectivity index (χ4v) is 4.28. The quantitative estimate of drug-likeness (QED) is 0.850. The summed E-state index contributed by atoms with van der Waals surface area (Å²) in [5.74, 6) is -0.0476. The Morgan fingerprint density at radius 3 is 3.00 bits per heavy atom. The molecule has 0 radical (unpaired) electrons. The summed E-state index contributed by atoms with van der Waals surface area (Å²) in [4.78, 5) is 18.6. The summed E-state index contributed by atoms with van der Waals surface area (Å²) >= 11 is 1.74. The Balaban J connectivity index is 1.70. The average Bonchev–Trinajstić information content (AvgIpc) is 2.94. The first kappa shape index (κ1) is 18.1. The summed E-state index contributed by atoms with van der Waals surface area (Å²) in [6, 6.07) is 7.70. The number of hydrogen-bond acceptors (Lipinski definition) is 4. The zero-order valence-electron chi connectivity index (χ0n) is 15.1. The minimum absolute atomic E-state index is 0.0150. The van der Waals surface area contributed by atoms with E-state index in [2.05, 4.69) is 10.3 Å². The van der Waals surface area contributed by atoms with E-state index in [4.69, 9.17) is 0 Å². The Morgan fingerprint density at radius 1 is 1.44 bits per heavy atom. The normalized spacial score (nSPS) is 17.2. The first-order chi connectivity index (χ1) is 11.8. The second kappa shape index (κ2) is 7.26. The molecule has 1 aromatic carbocycles. The van der Waals surface area contributed by atoms with E-state index < -0.39 is 5.60 Å². The number of carbonyl (C=O) groups excluding carboxylic acids is 1. The van der Waals surface area contributed by atoms with Gasteiger partial charge in [-0.15, -0.1) is 11.3 Å². The second-order valence-corrected chi connectivity index (χ2v) is 8.76. The summed E-state index contributed by atoms with van der Waals surface area (Å²) in [5, 5.41) is 14.1. The number of rotatable bonds is 5. The van der Waals surface area contributed by atoms with Crippen LogP contribution < -0.4 is 5.32 Å². The number of nitrogens with one attached hydrogen (secondary N) is 1. The van der Waals surface area contributed by atoms with E-state index in [1.807, 2.05) is 31.2 Å². The highest BCUT2D eigenvalue weighted by Crippen LogP contribution is 2.33. The van der Waals surface area contributed by atoms with Crippen molar-refractivity contribution in [2.24, 2.45) is 0 Å². The van der Waals surface area contributed by atoms with Crippen molar-refractivity contribution in [1.29, 1.82) is 0 Å². The van der Waals surface area contributed by atoms with Gasteiger partial charge in [0.15, 0.2) is 0 Å². The van der Waals surface area contributed by atoms with Gasteiger partial charge in [0, 0.05) is 10.4 Å². The number of thiazole rings is 1. The molecule has 2 aromatic rings. The van der Waals surface area contributed by atoms with Crippen molar-refractivity contribution in [1.82, 2.24) is 10.3 Å². The first-order valence-electron chi connectivity index (χ1n) is 8.90. The van der Waals surface area contributed by atoms with Crippen molar-refractivity contribution in [3.05, 3.63) is 51.0 Å². The predicted octanol–water partition coefficient (Wildman–Crippen LogP) is 3.96. The van der Waals surface area contributed by atoms with Crippen LogP contribution in [0.5, 0.6) is 0 Å². The number of benzene rings is 1. The number of aromatic nitrogens is 1. The monoisotopic (exact) mass is 358 g/mol. The second-order valence-electron chi connectivity index (χ2n) is 7.47. The number of fused-ring (bicyclic) bond motifs is 1. The van der Waals surface area contributed by atoms with Crippen LogP contribution in [-0.2, 0) is 12.8 Å². The molecule has 1 aliphatic rings. The Bertz CT molecular complexity index is 761. The number of aryl methyl sites for hydroxylation is 3. The molecule has 0 saturated heterocycles. The van der Waals surface area contributed by atoms with E-state index in [0.717, 1.165) is 41.9 Å². The molecular weight excluding hydrogens is 332 g/mol. The summed E-state index contributed by atoms with van der Waals surface area (Å²) in [7, 11) is 0. The molecule has 1 amide bonds. The maximum Gasteiger partial charge on any atom is 0.251 e. The van der Waals surface area contributed by atoms with Gasteiger partial charge < -0.3 is 10.4 Å². The molecule has 0 fully saturated rings. The molecular formula is C20H26N2O2S. The molecule has 1 atom stereocenters. The SMILES string of the molecule is Cc1nc2c(s1)CCC[C@@H]2NC(=O)c1cccc(CCC(C)(C)O)c1. The van der Waals surface area contributed by atoms with Crippen molar-refractivity contribution in [3.8, 4) is 0 Å². The zero-order chi connectivity index (χ0) is 18.0. The fourth-order valence-electron chi connectivity index (χ4n) is 3.24. The Kier molecular flexibility index (Phi) is 5.25. The van der Waals surface area contributed by atoms with E-state index >= 15 is 0 Å². The molecule has 3 rings (SSSR count).